The topological polar surface area (TPSA) is 49.4 Å². The van der Waals surface area contributed by atoms with Gasteiger partial charge in [-0.3, -0.25) is 9.59 Å². The lowest BCUT2D eigenvalue weighted by Gasteiger charge is -2.32. The van der Waals surface area contributed by atoms with Crippen molar-refractivity contribution < 1.29 is 9.59 Å². The lowest BCUT2D eigenvalue weighted by Crippen LogP contribution is -2.41. The van der Waals surface area contributed by atoms with Crippen LogP contribution in [0, 0.1) is 5.92 Å². The van der Waals surface area contributed by atoms with Crippen molar-refractivity contribution in [1.82, 2.24) is 10.2 Å². The molecule has 1 aliphatic heterocycles. The molecule has 2 amide bonds. The van der Waals surface area contributed by atoms with E-state index in [9.17, 15) is 9.59 Å². The maximum atomic E-state index is 12.8. The van der Waals surface area contributed by atoms with Crippen molar-refractivity contribution in [2.24, 2.45) is 5.92 Å². The van der Waals surface area contributed by atoms with E-state index < -0.39 is 0 Å². The quantitative estimate of drug-likeness (QED) is 0.891. The van der Waals surface area contributed by atoms with Crippen molar-refractivity contribution in [3.8, 4) is 0 Å². The molecule has 0 radical (unpaired) electrons. The fraction of sp³-hybridized carbons (Fsp3) is 0.364. The van der Waals surface area contributed by atoms with E-state index in [1.54, 1.807) is 12.1 Å². The van der Waals surface area contributed by atoms with Gasteiger partial charge in [-0.05, 0) is 36.5 Å². The first-order valence-electron chi connectivity index (χ1n) is 9.32. The molecule has 2 atom stereocenters. The van der Waals surface area contributed by atoms with Crippen LogP contribution in [0.25, 0.3) is 0 Å². The highest BCUT2D eigenvalue weighted by molar-refractivity contribution is 5.94. The number of hydrogen-bond donors (Lipinski definition) is 1. The van der Waals surface area contributed by atoms with Gasteiger partial charge in [0.1, 0.15) is 0 Å². The average Bonchev–Trinajstić information content (AvgIpc) is 2.68. The normalized spacial score (nSPS) is 18.2. The largest absolute Gasteiger partial charge is 0.345 e. The van der Waals surface area contributed by atoms with E-state index >= 15 is 0 Å². The third kappa shape index (κ3) is 4.72. The van der Waals surface area contributed by atoms with Gasteiger partial charge in [-0.2, -0.15) is 0 Å². The van der Waals surface area contributed by atoms with Crippen molar-refractivity contribution >= 4 is 11.8 Å². The van der Waals surface area contributed by atoms with E-state index in [1.807, 2.05) is 53.4 Å². The molecule has 1 aliphatic rings. The fourth-order valence-electron chi connectivity index (χ4n) is 3.49. The third-order valence-electron chi connectivity index (χ3n) is 4.93. The number of nitrogens with one attached hydrogen (secondary N) is 1. The molecule has 0 unspecified atom stereocenters. The third-order valence-corrected chi connectivity index (χ3v) is 4.93. The Hall–Kier alpha value is -2.62. The number of likely N-dealkylation sites (tertiary alicyclic amines) is 1. The minimum absolute atomic E-state index is 0.110. The Labute approximate surface area is 155 Å². The Kier molecular flexibility index (Phi) is 6.05. The summed E-state index contributed by atoms with van der Waals surface area (Å²) in [7, 11) is 0. The zero-order valence-corrected chi connectivity index (χ0v) is 15.2. The van der Waals surface area contributed by atoms with Gasteiger partial charge in [0.25, 0.3) is 5.91 Å². The summed E-state index contributed by atoms with van der Waals surface area (Å²) < 4.78 is 0. The predicted octanol–water partition coefficient (Wildman–Crippen LogP) is 3.81. The van der Waals surface area contributed by atoms with Crippen molar-refractivity contribution in [2.45, 2.75) is 32.2 Å². The summed E-state index contributed by atoms with van der Waals surface area (Å²) in [5.41, 5.74) is 1.56. The molecule has 136 valence electrons. The second kappa shape index (κ2) is 8.65. The number of carbonyl (C=O) groups excluding carboxylic acids is 2. The van der Waals surface area contributed by atoms with E-state index in [0.717, 1.165) is 25.1 Å². The second-order valence-electron chi connectivity index (χ2n) is 7.09. The van der Waals surface area contributed by atoms with Crippen LogP contribution in [0.5, 0.6) is 0 Å². The molecule has 26 heavy (non-hydrogen) atoms. The van der Waals surface area contributed by atoms with Crippen LogP contribution in [0.3, 0.4) is 0 Å². The summed E-state index contributed by atoms with van der Waals surface area (Å²) in [5.74, 6) is 0.500. The molecule has 0 aromatic heterocycles. The van der Waals surface area contributed by atoms with Crippen LogP contribution >= 0.6 is 0 Å². The molecule has 0 aliphatic carbocycles. The molecular weight excluding hydrogens is 324 g/mol. The fourth-order valence-corrected chi connectivity index (χ4v) is 3.49. The van der Waals surface area contributed by atoms with Crippen molar-refractivity contribution in [2.75, 3.05) is 13.1 Å². The van der Waals surface area contributed by atoms with Gasteiger partial charge in [0.2, 0.25) is 5.91 Å². The van der Waals surface area contributed by atoms with Crippen LogP contribution in [0.15, 0.2) is 60.7 Å². The van der Waals surface area contributed by atoms with Crippen LogP contribution in [-0.2, 0) is 4.79 Å². The Balaban J connectivity index is 1.73. The monoisotopic (exact) mass is 350 g/mol. The Bertz CT molecular complexity index is 730. The molecule has 0 spiro atoms. The number of nitrogens with zero attached hydrogens (tertiary/aromatic N) is 1. The first-order valence-corrected chi connectivity index (χ1v) is 9.32. The van der Waals surface area contributed by atoms with Gasteiger partial charge in [0, 0.05) is 18.7 Å². The van der Waals surface area contributed by atoms with E-state index in [4.69, 9.17) is 0 Å². The van der Waals surface area contributed by atoms with Crippen LogP contribution in [-0.4, -0.2) is 29.8 Å². The Morgan fingerprint density at radius 1 is 1.08 bits per heavy atom. The highest BCUT2D eigenvalue weighted by Gasteiger charge is 2.25. The van der Waals surface area contributed by atoms with Gasteiger partial charge in [-0.25, -0.2) is 0 Å². The molecule has 2 aromatic carbocycles. The second-order valence-corrected chi connectivity index (χ2v) is 7.09. The van der Waals surface area contributed by atoms with Crippen molar-refractivity contribution in [3.63, 3.8) is 0 Å². The first kappa shape index (κ1) is 18.2. The summed E-state index contributed by atoms with van der Waals surface area (Å²) in [6.07, 6.45) is 2.52. The molecule has 2 aromatic rings. The number of piperidine rings is 1. The van der Waals surface area contributed by atoms with Gasteiger partial charge in [0.05, 0.1) is 12.5 Å². The van der Waals surface area contributed by atoms with Gasteiger partial charge in [0.15, 0.2) is 0 Å². The van der Waals surface area contributed by atoms with Gasteiger partial charge < -0.3 is 10.2 Å². The molecule has 1 fully saturated rings. The van der Waals surface area contributed by atoms with Gasteiger partial charge >= 0.3 is 0 Å². The van der Waals surface area contributed by atoms with Crippen molar-refractivity contribution in [1.29, 1.82) is 0 Å². The molecule has 4 heteroatoms. The zero-order valence-electron chi connectivity index (χ0n) is 15.2. The van der Waals surface area contributed by atoms with Crippen LogP contribution in [0.4, 0.5) is 0 Å². The SMILES string of the molecule is C[C@H]1CCCN(C(=O)C[C@H](NC(=O)c2ccccc2)c2ccccc2)C1. The number of rotatable bonds is 5. The summed E-state index contributed by atoms with van der Waals surface area (Å²) in [5, 5.41) is 3.04. The lowest BCUT2D eigenvalue weighted by atomic mass is 9.98. The summed E-state index contributed by atoms with van der Waals surface area (Å²) in [6, 6.07) is 18.5. The Morgan fingerprint density at radius 2 is 1.73 bits per heavy atom. The minimum Gasteiger partial charge on any atom is -0.345 e. The van der Waals surface area contributed by atoms with Crippen molar-refractivity contribution in [3.05, 3.63) is 71.8 Å². The molecule has 1 saturated heterocycles. The zero-order chi connectivity index (χ0) is 18.4. The van der Waals surface area contributed by atoms with Crippen LogP contribution in [0.1, 0.15) is 48.1 Å². The molecule has 4 nitrogen and oxygen atoms in total. The van der Waals surface area contributed by atoms with E-state index in [2.05, 4.69) is 12.2 Å². The first-order chi connectivity index (χ1) is 12.6. The molecule has 3 rings (SSSR count). The summed E-state index contributed by atoms with van der Waals surface area (Å²) >= 11 is 0. The number of amides is 2. The lowest BCUT2D eigenvalue weighted by molar-refractivity contribution is -0.133. The molecule has 0 bridgehead atoms. The maximum Gasteiger partial charge on any atom is 0.251 e. The highest BCUT2D eigenvalue weighted by Crippen LogP contribution is 2.22. The number of benzene rings is 2. The predicted molar refractivity (Wildman–Crippen MR) is 103 cm³/mol. The average molecular weight is 350 g/mol. The van der Waals surface area contributed by atoms with E-state index in [0.29, 0.717) is 11.5 Å². The van der Waals surface area contributed by atoms with Crippen LogP contribution in [0.2, 0.25) is 0 Å². The smallest absolute Gasteiger partial charge is 0.251 e. The van der Waals surface area contributed by atoms with E-state index in [-0.39, 0.29) is 24.3 Å². The van der Waals surface area contributed by atoms with Crippen LogP contribution < -0.4 is 5.32 Å². The number of carbonyl (C=O) groups is 2. The van der Waals surface area contributed by atoms with E-state index in [1.165, 1.54) is 6.42 Å². The molecule has 0 saturated carbocycles. The van der Waals surface area contributed by atoms with Gasteiger partial charge in [-0.1, -0.05) is 55.5 Å². The molecular formula is C22H26N2O2. The summed E-state index contributed by atoms with van der Waals surface area (Å²) in [4.78, 5) is 27.4. The maximum absolute atomic E-state index is 12.8. The number of hydrogen-bond acceptors (Lipinski definition) is 2. The minimum atomic E-state index is -0.325. The molecule has 1 heterocycles. The summed E-state index contributed by atoms with van der Waals surface area (Å²) in [6.45, 7) is 3.82. The molecule has 1 N–H and O–H groups in total. The Morgan fingerprint density at radius 3 is 2.38 bits per heavy atom. The van der Waals surface area contributed by atoms with Gasteiger partial charge in [-0.15, -0.1) is 0 Å². The highest BCUT2D eigenvalue weighted by atomic mass is 16.2. The standard InChI is InChI=1S/C22H26N2O2/c1-17-9-8-14-24(16-17)21(25)15-20(18-10-4-2-5-11-18)23-22(26)19-12-6-3-7-13-19/h2-7,10-13,17,20H,8-9,14-16H2,1H3,(H,23,26)/t17-,20-/m0/s1.